The third-order valence-electron chi connectivity index (χ3n) is 4.26. The zero-order valence-electron chi connectivity index (χ0n) is 14.4. The molecule has 0 bridgehead atoms. The molecule has 0 saturated carbocycles. The second-order valence-electron chi connectivity index (χ2n) is 5.74. The van der Waals surface area contributed by atoms with Crippen molar-refractivity contribution in [1.29, 1.82) is 0 Å². The number of carbonyl (C=O) groups is 1. The minimum absolute atomic E-state index is 0.213. The van der Waals surface area contributed by atoms with Gasteiger partial charge in [-0.1, -0.05) is 0 Å². The molecule has 25 heavy (non-hydrogen) atoms. The summed E-state index contributed by atoms with van der Waals surface area (Å²) in [6.45, 7) is 3.94. The lowest BCUT2D eigenvalue weighted by Gasteiger charge is -2.31. The lowest BCUT2D eigenvalue weighted by molar-refractivity contribution is 0.0526. The first-order valence-electron chi connectivity index (χ1n) is 8.06. The Kier molecular flexibility index (Phi) is 4.58. The van der Waals surface area contributed by atoms with Crippen LogP contribution >= 0.6 is 0 Å². The van der Waals surface area contributed by atoms with Gasteiger partial charge in [0, 0.05) is 33.4 Å². The topological polar surface area (TPSA) is 95.7 Å². The van der Waals surface area contributed by atoms with E-state index in [9.17, 15) is 14.4 Å². The summed E-state index contributed by atoms with van der Waals surface area (Å²) in [6.07, 6.45) is 1.37. The van der Waals surface area contributed by atoms with Gasteiger partial charge in [-0.2, -0.15) is 0 Å². The summed E-state index contributed by atoms with van der Waals surface area (Å²) < 4.78 is 12.8. The number of anilines is 1. The van der Waals surface area contributed by atoms with Crippen LogP contribution in [0.5, 0.6) is 0 Å². The zero-order chi connectivity index (χ0) is 18.1. The molecule has 134 valence electrons. The first-order chi connectivity index (χ1) is 12.0. The number of hydrogen-bond acceptors (Lipinski definition) is 7. The third-order valence-corrected chi connectivity index (χ3v) is 4.26. The van der Waals surface area contributed by atoms with Crippen LogP contribution < -0.4 is 16.1 Å². The molecule has 0 spiro atoms. The Bertz CT molecular complexity index is 940. The third kappa shape index (κ3) is 2.80. The predicted molar refractivity (Wildman–Crippen MR) is 91.2 cm³/mol. The summed E-state index contributed by atoms with van der Waals surface area (Å²) in [5, 5.41) is 0.233. The smallest absolute Gasteiger partial charge is 0.341 e. The van der Waals surface area contributed by atoms with Gasteiger partial charge < -0.3 is 14.4 Å². The van der Waals surface area contributed by atoms with E-state index in [1.807, 2.05) is 4.90 Å². The molecule has 2 aromatic rings. The van der Waals surface area contributed by atoms with Crippen LogP contribution in [-0.4, -0.2) is 53.0 Å². The van der Waals surface area contributed by atoms with E-state index in [0.717, 1.165) is 4.57 Å². The van der Waals surface area contributed by atoms with E-state index in [1.54, 1.807) is 14.0 Å². The van der Waals surface area contributed by atoms with E-state index < -0.39 is 17.2 Å². The molecule has 1 saturated heterocycles. The van der Waals surface area contributed by atoms with Crippen molar-refractivity contribution in [2.75, 3.05) is 37.8 Å². The van der Waals surface area contributed by atoms with E-state index in [4.69, 9.17) is 9.47 Å². The zero-order valence-corrected chi connectivity index (χ0v) is 14.4. The molecule has 1 aliphatic heterocycles. The molecular weight excluding hydrogens is 328 g/mol. The molecule has 0 radical (unpaired) electrons. The van der Waals surface area contributed by atoms with Crippen LogP contribution in [0.25, 0.3) is 11.0 Å². The highest BCUT2D eigenvalue weighted by atomic mass is 16.5. The predicted octanol–water partition coefficient (Wildman–Crippen LogP) is -0.354. The van der Waals surface area contributed by atoms with Crippen molar-refractivity contribution >= 4 is 22.7 Å². The largest absolute Gasteiger partial charge is 0.462 e. The molecule has 0 atom stereocenters. The van der Waals surface area contributed by atoms with Crippen molar-refractivity contribution in [2.24, 2.45) is 14.1 Å². The van der Waals surface area contributed by atoms with Crippen LogP contribution in [0.4, 0.5) is 5.69 Å². The van der Waals surface area contributed by atoms with Gasteiger partial charge in [-0.25, -0.2) is 14.6 Å². The highest BCUT2D eigenvalue weighted by Crippen LogP contribution is 2.28. The van der Waals surface area contributed by atoms with Crippen LogP contribution in [0.15, 0.2) is 15.8 Å². The molecule has 0 aromatic carbocycles. The number of hydrogen-bond donors (Lipinski definition) is 0. The number of carbonyl (C=O) groups excluding carboxylic acids is 1. The SMILES string of the molecule is CCOC(=O)c1cnc2c(c1N1CCOCC1)c(=O)n(C)c(=O)n2C. The molecule has 0 amide bonds. The van der Waals surface area contributed by atoms with Gasteiger partial charge in [-0.3, -0.25) is 13.9 Å². The number of aryl methyl sites for hydroxylation is 1. The fourth-order valence-corrected chi connectivity index (χ4v) is 2.99. The highest BCUT2D eigenvalue weighted by molar-refractivity contribution is 6.04. The Morgan fingerprint density at radius 2 is 1.92 bits per heavy atom. The summed E-state index contributed by atoms with van der Waals surface area (Å²) in [5.41, 5.74) is -0.0577. The van der Waals surface area contributed by atoms with E-state index >= 15 is 0 Å². The molecule has 0 aliphatic carbocycles. The van der Waals surface area contributed by atoms with Crippen LogP contribution in [0.3, 0.4) is 0 Å². The lowest BCUT2D eigenvalue weighted by atomic mass is 10.1. The van der Waals surface area contributed by atoms with E-state index in [1.165, 1.54) is 17.8 Å². The maximum atomic E-state index is 12.8. The van der Waals surface area contributed by atoms with Crippen molar-refractivity contribution in [3.05, 3.63) is 32.6 Å². The summed E-state index contributed by atoms with van der Waals surface area (Å²) in [4.78, 5) is 43.5. The number of morpholine rings is 1. The van der Waals surface area contributed by atoms with Gasteiger partial charge in [0.2, 0.25) is 0 Å². The average Bonchev–Trinajstić information content (AvgIpc) is 2.64. The van der Waals surface area contributed by atoms with Crippen LogP contribution in [-0.2, 0) is 23.6 Å². The number of rotatable bonds is 3. The van der Waals surface area contributed by atoms with Crippen molar-refractivity contribution in [3.63, 3.8) is 0 Å². The Morgan fingerprint density at radius 1 is 1.24 bits per heavy atom. The van der Waals surface area contributed by atoms with Crippen molar-refractivity contribution in [2.45, 2.75) is 6.92 Å². The van der Waals surface area contributed by atoms with Crippen LogP contribution in [0, 0.1) is 0 Å². The van der Waals surface area contributed by atoms with Gasteiger partial charge in [0.05, 0.1) is 25.5 Å². The van der Waals surface area contributed by atoms with Crippen molar-refractivity contribution < 1.29 is 14.3 Å². The Morgan fingerprint density at radius 3 is 2.56 bits per heavy atom. The number of aromatic nitrogens is 3. The van der Waals surface area contributed by atoms with Gasteiger partial charge in [-0.05, 0) is 6.92 Å². The molecular formula is C16H20N4O5. The quantitative estimate of drug-likeness (QED) is 0.699. The summed E-state index contributed by atoms with van der Waals surface area (Å²) in [6, 6.07) is 0. The Labute approximate surface area is 143 Å². The molecule has 0 N–H and O–H groups in total. The lowest BCUT2D eigenvalue weighted by Crippen LogP contribution is -2.41. The number of fused-ring (bicyclic) bond motifs is 1. The van der Waals surface area contributed by atoms with Gasteiger partial charge in [-0.15, -0.1) is 0 Å². The molecule has 1 fully saturated rings. The normalized spacial score (nSPS) is 14.8. The fourth-order valence-electron chi connectivity index (χ4n) is 2.99. The number of ether oxygens (including phenoxy) is 2. The number of esters is 1. The first kappa shape index (κ1) is 17.2. The van der Waals surface area contributed by atoms with Crippen molar-refractivity contribution in [1.82, 2.24) is 14.1 Å². The second kappa shape index (κ2) is 6.67. The summed E-state index contributed by atoms with van der Waals surface area (Å²) in [5.74, 6) is -0.547. The minimum atomic E-state index is -0.547. The molecule has 9 nitrogen and oxygen atoms in total. The minimum Gasteiger partial charge on any atom is -0.462 e. The van der Waals surface area contributed by atoms with E-state index in [0.29, 0.717) is 32.0 Å². The first-order valence-corrected chi connectivity index (χ1v) is 8.06. The van der Waals surface area contributed by atoms with E-state index in [2.05, 4.69) is 4.98 Å². The van der Waals surface area contributed by atoms with E-state index in [-0.39, 0.29) is 23.2 Å². The standard InChI is InChI=1S/C16H20N4O5/c1-4-25-15(22)10-9-17-13-11(12(10)20-5-7-24-8-6-20)14(21)19(3)16(23)18(13)2/h9H,4-8H2,1-3H3. The van der Waals surface area contributed by atoms with Gasteiger partial charge in [0.15, 0.2) is 5.65 Å². The van der Waals surface area contributed by atoms with Gasteiger partial charge in [0.25, 0.3) is 5.56 Å². The molecule has 0 unspecified atom stereocenters. The monoisotopic (exact) mass is 348 g/mol. The number of pyridine rings is 1. The summed E-state index contributed by atoms with van der Waals surface area (Å²) in [7, 11) is 2.95. The van der Waals surface area contributed by atoms with Gasteiger partial charge >= 0.3 is 11.7 Å². The second-order valence-corrected chi connectivity index (χ2v) is 5.74. The summed E-state index contributed by atoms with van der Waals surface area (Å²) >= 11 is 0. The maximum absolute atomic E-state index is 12.8. The molecule has 9 heteroatoms. The number of nitrogens with zero attached hydrogens (tertiary/aromatic N) is 4. The van der Waals surface area contributed by atoms with Gasteiger partial charge in [0.1, 0.15) is 10.9 Å². The van der Waals surface area contributed by atoms with Crippen molar-refractivity contribution in [3.8, 4) is 0 Å². The molecule has 3 heterocycles. The van der Waals surface area contributed by atoms with Crippen LogP contribution in [0.2, 0.25) is 0 Å². The Hall–Kier alpha value is -2.68. The van der Waals surface area contributed by atoms with Crippen LogP contribution in [0.1, 0.15) is 17.3 Å². The molecule has 1 aliphatic rings. The fraction of sp³-hybridized carbons (Fsp3) is 0.500. The molecule has 2 aromatic heterocycles. The molecule has 3 rings (SSSR count). The average molecular weight is 348 g/mol. The Balaban J connectivity index is 2.39. The highest BCUT2D eigenvalue weighted by Gasteiger charge is 2.26. The maximum Gasteiger partial charge on any atom is 0.341 e.